The van der Waals surface area contributed by atoms with E-state index in [9.17, 15) is 4.79 Å². The van der Waals surface area contributed by atoms with Gasteiger partial charge in [0.15, 0.2) is 5.16 Å². The van der Waals surface area contributed by atoms with Gasteiger partial charge in [-0.25, -0.2) is 4.98 Å². The molecule has 0 aliphatic heterocycles. The number of hydrogen-bond acceptors (Lipinski definition) is 5. The van der Waals surface area contributed by atoms with Gasteiger partial charge in [0.2, 0.25) is 0 Å². The molecular weight excluding hydrogens is 388 g/mol. The van der Waals surface area contributed by atoms with Gasteiger partial charge in [-0.05, 0) is 49.4 Å². The molecule has 0 bridgehead atoms. The maximum absolute atomic E-state index is 12.8. The minimum Gasteiger partial charge on any atom is -0.493 e. The van der Waals surface area contributed by atoms with Crippen molar-refractivity contribution < 1.29 is 4.74 Å². The minimum absolute atomic E-state index is 0.0765. The summed E-state index contributed by atoms with van der Waals surface area (Å²) < 4.78 is 7.39. The molecule has 0 unspecified atom stereocenters. The second kappa shape index (κ2) is 7.62. The fraction of sp³-hybridized carbons (Fsp3) is 0.368. The van der Waals surface area contributed by atoms with E-state index >= 15 is 0 Å². The lowest BCUT2D eigenvalue weighted by Crippen LogP contribution is -2.21. The second-order valence-corrected chi connectivity index (χ2v) is 8.89. The number of halogens is 1. The Morgan fingerprint density at radius 3 is 3.04 bits per heavy atom. The third-order valence-electron chi connectivity index (χ3n) is 4.53. The molecule has 0 saturated heterocycles. The van der Waals surface area contributed by atoms with Crippen LogP contribution in [-0.4, -0.2) is 21.9 Å². The first kappa shape index (κ1) is 17.9. The number of nitrogens with zero attached hydrogens (tertiary/aromatic N) is 2. The van der Waals surface area contributed by atoms with Gasteiger partial charge in [-0.2, -0.15) is 0 Å². The van der Waals surface area contributed by atoms with Crippen molar-refractivity contribution in [1.29, 1.82) is 0 Å². The van der Waals surface area contributed by atoms with Crippen molar-refractivity contribution in [3.8, 4) is 5.75 Å². The largest absolute Gasteiger partial charge is 0.493 e. The first-order valence-corrected chi connectivity index (χ1v) is 10.8. The van der Waals surface area contributed by atoms with Crippen molar-refractivity contribution in [3.05, 3.63) is 50.1 Å². The van der Waals surface area contributed by atoms with Crippen LogP contribution in [0.4, 0.5) is 0 Å². The Morgan fingerprint density at radius 1 is 1.35 bits per heavy atom. The summed E-state index contributed by atoms with van der Waals surface area (Å²) in [6.45, 7) is 0.528. The van der Waals surface area contributed by atoms with E-state index in [-0.39, 0.29) is 5.56 Å². The SMILES string of the molecule is Cn1c(SCCOc2cccc(Cl)c2)nc2sc3c(c2c1=O)CCCC3. The average Bonchev–Trinajstić information content (AvgIpc) is 3.01. The summed E-state index contributed by atoms with van der Waals surface area (Å²) in [6, 6.07) is 7.36. The van der Waals surface area contributed by atoms with Gasteiger partial charge in [0.25, 0.3) is 5.56 Å². The summed E-state index contributed by atoms with van der Waals surface area (Å²) in [5, 5.41) is 2.24. The lowest BCUT2D eigenvalue weighted by atomic mass is 9.97. The number of thiophene rings is 1. The summed E-state index contributed by atoms with van der Waals surface area (Å²) >= 11 is 9.19. The fourth-order valence-corrected chi connectivity index (χ4v) is 5.52. The standard InChI is InChI=1S/C19H19ClN2O2S2/c1-22-18(23)16-14-7-2-3-8-15(14)26-17(16)21-19(22)25-10-9-24-13-6-4-5-12(20)11-13/h4-6,11H,2-3,7-10H2,1H3. The molecule has 1 aliphatic carbocycles. The Balaban J connectivity index is 1.50. The molecule has 0 saturated carbocycles. The maximum Gasteiger partial charge on any atom is 0.262 e. The molecule has 0 amide bonds. The summed E-state index contributed by atoms with van der Waals surface area (Å²) in [7, 11) is 1.81. The zero-order valence-electron chi connectivity index (χ0n) is 14.5. The van der Waals surface area contributed by atoms with Crippen molar-refractivity contribution in [3.63, 3.8) is 0 Å². The topological polar surface area (TPSA) is 44.1 Å². The molecule has 3 aromatic rings. The van der Waals surface area contributed by atoms with Gasteiger partial charge in [0, 0.05) is 22.7 Å². The predicted octanol–water partition coefficient (Wildman–Crippen LogP) is 4.70. The smallest absolute Gasteiger partial charge is 0.262 e. The number of benzene rings is 1. The van der Waals surface area contributed by atoms with Crippen LogP contribution in [0.25, 0.3) is 10.2 Å². The van der Waals surface area contributed by atoms with E-state index in [1.807, 2.05) is 25.2 Å². The monoisotopic (exact) mass is 406 g/mol. The third-order valence-corrected chi connectivity index (χ3v) is 6.95. The van der Waals surface area contributed by atoms with Crippen LogP contribution in [0.5, 0.6) is 5.75 Å². The van der Waals surface area contributed by atoms with E-state index in [1.165, 1.54) is 23.3 Å². The molecule has 1 aliphatic rings. The summed E-state index contributed by atoms with van der Waals surface area (Å²) in [4.78, 5) is 19.8. The molecule has 0 spiro atoms. The van der Waals surface area contributed by atoms with Crippen molar-refractivity contribution >= 4 is 44.9 Å². The maximum atomic E-state index is 12.8. The minimum atomic E-state index is 0.0765. The lowest BCUT2D eigenvalue weighted by Gasteiger charge is -2.11. The molecule has 0 fully saturated rings. The summed E-state index contributed by atoms with van der Waals surface area (Å²) in [6.07, 6.45) is 4.46. The number of hydrogen-bond donors (Lipinski definition) is 0. The lowest BCUT2D eigenvalue weighted by molar-refractivity contribution is 0.344. The van der Waals surface area contributed by atoms with Crippen molar-refractivity contribution in [2.75, 3.05) is 12.4 Å². The molecule has 1 aromatic carbocycles. The van der Waals surface area contributed by atoms with Gasteiger partial charge >= 0.3 is 0 Å². The molecule has 4 rings (SSSR count). The fourth-order valence-electron chi connectivity index (χ4n) is 3.25. The first-order chi connectivity index (χ1) is 12.6. The third kappa shape index (κ3) is 3.50. The summed E-state index contributed by atoms with van der Waals surface area (Å²) in [5.41, 5.74) is 1.32. The number of fused-ring (bicyclic) bond motifs is 3. The van der Waals surface area contributed by atoms with Gasteiger partial charge in [-0.15, -0.1) is 11.3 Å². The highest BCUT2D eigenvalue weighted by molar-refractivity contribution is 7.99. The quantitative estimate of drug-likeness (QED) is 0.350. The highest BCUT2D eigenvalue weighted by Gasteiger charge is 2.21. The van der Waals surface area contributed by atoms with E-state index in [4.69, 9.17) is 21.3 Å². The Morgan fingerprint density at radius 2 is 2.19 bits per heavy atom. The van der Waals surface area contributed by atoms with Crippen LogP contribution in [0.15, 0.2) is 34.2 Å². The van der Waals surface area contributed by atoms with E-state index in [0.717, 1.165) is 34.0 Å². The van der Waals surface area contributed by atoms with Gasteiger partial charge in [0.05, 0.1) is 12.0 Å². The molecular formula is C19H19ClN2O2S2. The number of rotatable bonds is 5. The van der Waals surface area contributed by atoms with Crippen LogP contribution in [-0.2, 0) is 19.9 Å². The molecule has 7 heteroatoms. The van der Waals surface area contributed by atoms with Crippen LogP contribution in [0, 0.1) is 0 Å². The molecule has 26 heavy (non-hydrogen) atoms. The summed E-state index contributed by atoms with van der Waals surface area (Å²) in [5.74, 6) is 1.46. The van der Waals surface area contributed by atoms with Crippen molar-refractivity contribution in [2.24, 2.45) is 7.05 Å². The number of ether oxygens (including phenoxy) is 1. The van der Waals surface area contributed by atoms with Crippen molar-refractivity contribution in [1.82, 2.24) is 9.55 Å². The van der Waals surface area contributed by atoms with Gasteiger partial charge in [-0.1, -0.05) is 29.4 Å². The zero-order valence-corrected chi connectivity index (χ0v) is 16.8. The molecule has 0 atom stereocenters. The highest BCUT2D eigenvalue weighted by atomic mass is 35.5. The van der Waals surface area contributed by atoms with Crippen LogP contribution < -0.4 is 10.3 Å². The average molecular weight is 407 g/mol. The van der Waals surface area contributed by atoms with Crippen LogP contribution >= 0.6 is 34.7 Å². The van der Waals surface area contributed by atoms with Gasteiger partial charge in [-0.3, -0.25) is 9.36 Å². The van der Waals surface area contributed by atoms with E-state index < -0.39 is 0 Å². The molecule has 0 radical (unpaired) electrons. The van der Waals surface area contributed by atoms with E-state index in [0.29, 0.717) is 17.4 Å². The Labute approximate surface area is 165 Å². The Hall–Kier alpha value is -1.50. The van der Waals surface area contributed by atoms with E-state index in [1.54, 1.807) is 33.7 Å². The normalized spacial score (nSPS) is 13.8. The predicted molar refractivity (Wildman–Crippen MR) is 109 cm³/mol. The number of aromatic nitrogens is 2. The first-order valence-electron chi connectivity index (χ1n) is 8.66. The molecule has 136 valence electrons. The van der Waals surface area contributed by atoms with Gasteiger partial charge in [0.1, 0.15) is 10.6 Å². The molecule has 2 heterocycles. The molecule has 2 aromatic heterocycles. The highest BCUT2D eigenvalue weighted by Crippen LogP contribution is 2.34. The Kier molecular flexibility index (Phi) is 5.25. The second-order valence-electron chi connectivity index (χ2n) is 6.30. The molecule has 0 N–H and O–H groups in total. The van der Waals surface area contributed by atoms with E-state index in [2.05, 4.69) is 0 Å². The van der Waals surface area contributed by atoms with Crippen LogP contribution in [0.3, 0.4) is 0 Å². The van der Waals surface area contributed by atoms with Gasteiger partial charge < -0.3 is 4.74 Å². The van der Waals surface area contributed by atoms with Crippen molar-refractivity contribution in [2.45, 2.75) is 30.8 Å². The number of thioether (sulfide) groups is 1. The Bertz CT molecular complexity index is 1010. The van der Waals surface area contributed by atoms with Crippen LogP contribution in [0.1, 0.15) is 23.3 Å². The molecule has 4 nitrogen and oxygen atoms in total. The zero-order chi connectivity index (χ0) is 18.1. The number of aryl methyl sites for hydroxylation is 2. The van der Waals surface area contributed by atoms with Crippen LogP contribution in [0.2, 0.25) is 5.02 Å².